The Bertz CT molecular complexity index is 134. The first kappa shape index (κ1) is 9.23. The van der Waals surface area contributed by atoms with Crippen LogP contribution in [0.3, 0.4) is 0 Å². The first-order valence-corrected chi connectivity index (χ1v) is 3.02. The van der Waals surface area contributed by atoms with Gasteiger partial charge in [0.1, 0.15) is 6.42 Å². The fourth-order valence-electron chi connectivity index (χ4n) is 0.302. The minimum absolute atomic E-state index is 0.240. The molecule has 0 fully saturated rings. The molecule has 0 heterocycles. The molecule has 0 spiro atoms. The van der Waals surface area contributed by atoms with E-state index in [1.807, 2.05) is 0 Å². The lowest BCUT2D eigenvalue weighted by Gasteiger charge is -1.97. The number of hydrogen-bond donors (Lipinski definition) is 0. The summed E-state index contributed by atoms with van der Waals surface area (Å²) in [7, 11) is 1.19. The van der Waals surface area contributed by atoms with E-state index >= 15 is 0 Å². The lowest BCUT2D eigenvalue weighted by molar-refractivity contribution is -0.151. The quantitative estimate of drug-likeness (QED) is 0.344. The van der Waals surface area contributed by atoms with Gasteiger partial charge in [-0.15, -0.1) is 0 Å². The standard InChI is InChI=1S/C5H7ClO4/c1-9-4(7)2-5(8)10-3-6/h2-3H2,1H3. The molecule has 0 unspecified atom stereocenters. The summed E-state index contributed by atoms with van der Waals surface area (Å²) in [6, 6.07) is -0.240. The normalized spacial score (nSPS) is 8.60. The average Bonchev–Trinajstić information content (AvgIpc) is 1.88. The number of alkyl halides is 1. The fourth-order valence-corrected chi connectivity index (χ4v) is 0.424. The highest BCUT2D eigenvalue weighted by molar-refractivity contribution is 6.17. The molecular formula is C5H7ClO4. The van der Waals surface area contributed by atoms with E-state index in [0.29, 0.717) is 0 Å². The largest absolute Gasteiger partial charge is 0.469 e. The smallest absolute Gasteiger partial charge is 0.318 e. The molecule has 0 atom stereocenters. The molecule has 0 rings (SSSR count). The van der Waals surface area contributed by atoms with Gasteiger partial charge in [0.05, 0.1) is 7.11 Å². The van der Waals surface area contributed by atoms with Gasteiger partial charge < -0.3 is 9.47 Å². The van der Waals surface area contributed by atoms with E-state index in [4.69, 9.17) is 11.6 Å². The van der Waals surface area contributed by atoms with E-state index in [-0.39, 0.29) is 12.5 Å². The van der Waals surface area contributed by atoms with E-state index in [1.54, 1.807) is 0 Å². The Morgan fingerprint density at radius 2 is 2.00 bits per heavy atom. The van der Waals surface area contributed by atoms with Gasteiger partial charge in [0.2, 0.25) is 0 Å². The van der Waals surface area contributed by atoms with Crippen molar-refractivity contribution in [3.63, 3.8) is 0 Å². The van der Waals surface area contributed by atoms with Crippen molar-refractivity contribution in [3.8, 4) is 0 Å². The van der Waals surface area contributed by atoms with Crippen LogP contribution in [0.15, 0.2) is 0 Å². The van der Waals surface area contributed by atoms with Crippen LogP contribution in [0.5, 0.6) is 0 Å². The fraction of sp³-hybridized carbons (Fsp3) is 0.600. The summed E-state index contributed by atoms with van der Waals surface area (Å²) in [5.74, 6) is -1.31. The van der Waals surface area contributed by atoms with Crippen LogP contribution in [0.2, 0.25) is 0 Å². The van der Waals surface area contributed by atoms with Crippen LogP contribution in [0.1, 0.15) is 6.42 Å². The SMILES string of the molecule is COC(=O)CC(=O)OCCl. The molecule has 0 aliphatic rings. The second kappa shape index (κ2) is 5.05. The van der Waals surface area contributed by atoms with Gasteiger partial charge in [-0.25, -0.2) is 0 Å². The molecule has 0 aromatic heterocycles. The van der Waals surface area contributed by atoms with Crippen LogP contribution < -0.4 is 0 Å². The monoisotopic (exact) mass is 166 g/mol. The third kappa shape index (κ3) is 4.14. The zero-order valence-electron chi connectivity index (χ0n) is 5.43. The highest BCUT2D eigenvalue weighted by Gasteiger charge is 2.08. The van der Waals surface area contributed by atoms with E-state index in [0.717, 1.165) is 0 Å². The molecule has 0 saturated heterocycles. The molecule has 0 N–H and O–H groups in total. The summed E-state index contributed by atoms with van der Waals surface area (Å²) in [5.41, 5.74) is 0. The Labute approximate surface area is 63.1 Å². The molecule has 0 aromatic carbocycles. The maximum atomic E-state index is 10.4. The number of carbonyl (C=O) groups excluding carboxylic acids is 2. The summed E-state index contributed by atoms with van der Waals surface area (Å²) < 4.78 is 8.42. The van der Waals surface area contributed by atoms with Crippen molar-refractivity contribution in [2.24, 2.45) is 0 Å². The second-order valence-corrected chi connectivity index (χ2v) is 1.60. The Hall–Kier alpha value is -0.770. The third-order valence-corrected chi connectivity index (χ3v) is 0.841. The van der Waals surface area contributed by atoms with Crippen molar-refractivity contribution >= 4 is 23.5 Å². The third-order valence-electron chi connectivity index (χ3n) is 0.732. The number of esters is 2. The predicted octanol–water partition coefficient (Wildman–Crippen LogP) is 0.289. The molecular weight excluding hydrogens is 160 g/mol. The van der Waals surface area contributed by atoms with Crippen molar-refractivity contribution in [1.29, 1.82) is 0 Å². The summed E-state index contributed by atoms with van der Waals surface area (Å²) >= 11 is 5.03. The van der Waals surface area contributed by atoms with Crippen LogP contribution in [0.25, 0.3) is 0 Å². The molecule has 4 nitrogen and oxygen atoms in total. The minimum atomic E-state index is -0.679. The maximum absolute atomic E-state index is 10.4. The first-order chi connectivity index (χ1) is 4.70. The highest BCUT2D eigenvalue weighted by atomic mass is 35.5. The van der Waals surface area contributed by atoms with Crippen molar-refractivity contribution in [3.05, 3.63) is 0 Å². The Balaban J connectivity index is 3.47. The molecule has 0 aromatic rings. The van der Waals surface area contributed by atoms with Gasteiger partial charge in [0, 0.05) is 0 Å². The number of ether oxygens (including phenoxy) is 2. The van der Waals surface area contributed by atoms with Crippen LogP contribution in [0, 0.1) is 0 Å². The molecule has 10 heavy (non-hydrogen) atoms. The van der Waals surface area contributed by atoms with Crippen molar-refractivity contribution in [2.45, 2.75) is 6.42 Å². The summed E-state index contributed by atoms with van der Waals surface area (Å²) in [6.07, 6.45) is -0.386. The molecule has 0 saturated carbocycles. The zero-order valence-corrected chi connectivity index (χ0v) is 6.18. The van der Waals surface area contributed by atoms with Gasteiger partial charge in [-0.3, -0.25) is 9.59 Å². The molecule has 58 valence electrons. The molecule has 0 radical (unpaired) electrons. The molecule has 0 bridgehead atoms. The molecule has 0 aliphatic heterocycles. The first-order valence-electron chi connectivity index (χ1n) is 2.49. The van der Waals surface area contributed by atoms with Crippen LogP contribution in [0.4, 0.5) is 0 Å². The van der Waals surface area contributed by atoms with E-state index in [1.165, 1.54) is 7.11 Å². The van der Waals surface area contributed by atoms with Crippen LogP contribution in [-0.4, -0.2) is 25.1 Å². The number of carbonyl (C=O) groups is 2. The molecule has 0 amide bonds. The summed E-state index contributed by atoms with van der Waals surface area (Å²) in [4.78, 5) is 20.7. The van der Waals surface area contributed by atoms with Crippen molar-refractivity contribution in [1.82, 2.24) is 0 Å². The van der Waals surface area contributed by atoms with Gasteiger partial charge in [0.15, 0.2) is 6.07 Å². The van der Waals surface area contributed by atoms with Crippen molar-refractivity contribution in [2.75, 3.05) is 13.2 Å². The summed E-state index contributed by atoms with van der Waals surface area (Å²) in [6.45, 7) is 0. The van der Waals surface area contributed by atoms with Crippen molar-refractivity contribution < 1.29 is 19.1 Å². The average molecular weight is 167 g/mol. The topological polar surface area (TPSA) is 52.6 Å². The number of hydrogen-bond acceptors (Lipinski definition) is 4. The Morgan fingerprint density at radius 1 is 1.40 bits per heavy atom. The van der Waals surface area contributed by atoms with E-state index < -0.39 is 11.9 Å². The van der Waals surface area contributed by atoms with Gasteiger partial charge in [-0.2, -0.15) is 0 Å². The van der Waals surface area contributed by atoms with E-state index in [2.05, 4.69) is 9.47 Å². The molecule has 0 aliphatic carbocycles. The van der Waals surface area contributed by atoms with Gasteiger partial charge in [0.25, 0.3) is 0 Å². The highest BCUT2D eigenvalue weighted by Crippen LogP contribution is 1.89. The maximum Gasteiger partial charge on any atom is 0.318 e. The minimum Gasteiger partial charge on any atom is -0.469 e. The lowest BCUT2D eigenvalue weighted by Crippen LogP contribution is -2.11. The molecule has 5 heteroatoms. The van der Waals surface area contributed by atoms with E-state index in [9.17, 15) is 9.59 Å². The van der Waals surface area contributed by atoms with Gasteiger partial charge in [-0.1, -0.05) is 11.6 Å². The second-order valence-electron chi connectivity index (χ2n) is 1.38. The lowest BCUT2D eigenvalue weighted by atomic mass is 10.4. The number of rotatable bonds is 3. The number of methoxy groups -OCH3 is 1. The summed E-state index contributed by atoms with van der Waals surface area (Å²) in [5, 5.41) is 0. The van der Waals surface area contributed by atoms with Gasteiger partial charge >= 0.3 is 11.9 Å². The Morgan fingerprint density at radius 3 is 2.40 bits per heavy atom. The van der Waals surface area contributed by atoms with Gasteiger partial charge in [-0.05, 0) is 0 Å². The number of halogens is 1. The van der Waals surface area contributed by atoms with Crippen LogP contribution >= 0.6 is 11.6 Å². The van der Waals surface area contributed by atoms with Crippen LogP contribution in [-0.2, 0) is 19.1 Å². The predicted molar refractivity (Wildman–Crippen MR) is 33.4 cm³/mol. The zero-order chi connectivity index (χ0) is 7.98. The Kier molecular flexibility index (Phi) is 4.66.